The SMILES string of the molecule is CC[n+]1ccc(C)cc1.CC[n+]1ccc(C)cc1.O=S(=O)([O-])c1ccc(-c2ccc(S(=O)(=O)[O-])cc2)cc1. The van der Waals surface area contributed by atoms with Crippen LogP contribution >= 0.6 is 0 Å². The lowest BCUT2D eigenvalue weighted by Crippen LogP contribution is -2.30. The predicted octanol–water partition coefficient (Wildman–Crippen LogP) is 3.77. The maximum atomic E-state index is 10.8. The second-order valence-electron chi connectivity index (χ2n) is 8.37. The summed E-state index contributed by atoms with van der Waals surface area (Å²) in [6.07, 6.45) is 8.37. The van der Waals surface area contributed by atoms with Gasteiger partial charge in [0.15, 0.2) is 24.8 Å². The van der Waals surface area contributed by atoms with Crippen LogP contribution in [0.15, 0.2) is 107 Å². The quantitative estimate of drug-likeness (QED) is 0.272. The predicted molar refractivity (Wildman–Crippen MR) is 142 cm³/mol. The normalized spacial score (nSPS) is 11.0. The molecule has 38 heavy (non-hydrogen) atoms. The molecule has 4 aromatic rings. The first-order chi connectivity index (χ1) is 17.8. The number of benzene rings is 2. The number of aryl methyl sites for hydroxylation is 4. The van der Waals surface area contributed by atoms with Gasteiger partial charge in [-0.25, -0.2) is 26.0 Å². The summed E-state index contributed by atoms with van der Waals surface area (Å²) in [6.45, 7) is 10.6. The lowest BCUT2D eigenvalue weighted by atomic mass is 10.1. The summed E-state index contributed by atoms with van der Waals surface area (Å²) in [4.78, 5) is -0.694. The van der Waals surface area contributed by atoms with Crippen LogP contribution in [0.3, 0.4) is 0 Å². The Hall–Kier alpha value is -3.44. The van der Waals surface area contributed by atoms with Crippen LogP contribution in [0.2, 0.25) is 0 Å². The van der Waals surface area contributed by atoms with Gasteiger partial charge in [-0.3, -0.25) is 0 Å². The molecule has 0 spiro atoms. The smallest absolute Gasteiger partial charge is 0.169 e. The minimum atomic E-state index is -4.50. The van der Waals surface area contributed by atoms with Crippen LogP contribution in [0.4, 0.5) is 0 Å². The van der Waals surface area contributed by atoms with E-state index in [2.05, 4.69) is 85.9 Å². The molecule has 0 radical (unpaired) electrons. The van der Waals surface area contributed by atoms with Gasteiger partial charge in [0.25, 0.3) is 0 Å². The first-order valence-corrected chi connectivity index (χ1v) is 14.7. The summed E-state index contributed by atoms with van der Waals surface area (Å²) in [5, 5.41) is 0. The van der Waals surface area contributed by atoms with Crippen LogP contribution in [0.25, 0.3) is 11.1 Å². The zero-order chi connectivity index (χ0) is 28.3. The molecule has 0 atom stereocenters. The molecule has 0 unspecified atom stereocenters. The van der Waals surface area contributed by atoms with Crippen molar-refractivity contribution in [2.24, 2.45) is 0 Å². The van der Waals surface area contributed by atoms with Crippen LogP contribution in [-0.4, -0.2) is 25.9 Å². The van der Waals surface area contributed by atoms with E-state index in [-0.39, 0.29) is 9.79 Å². The average molecular weight is 557 g/mol. The molecule has 2 aromatic heterocycles. The van der Waals surface area contributed by atoms with Gasteiger partial charge in [-0.1, -0.05) is 24.3 Å². The van der Waals surface area contributed by atoms with Gasteiger partial charge in [0.2, 0.25) is 0 Å². The zero-order valence-electron chi connectivity index (χ0n) is 21.8. The van der Waals surface area contributed by atoms with Crippen molar-refractivity contribution < 1.29 is 35.1 Å². The summed E-state index contributed by atoms with van der Waals surface area (Å²) in [7, 11) is -9.00. The molecule has 0 aliphatic carbocycles. The Kier molecular flexibility index (Phi) is 11.3. The Morgan fingerprint density at radius 2 is 0.789 bits per heavy atom. The van der Waals surface area contributed by atoms with Crippen molar-refractivity contribution >= 4 is 20.2 Å². The van der Waals surface area contributed by atoms with Crippen molar-refractivity contribution in [3.05, 3.63) is 109 Å². The van der Waals surface area contributed by atoms with Crippen molar-refractivity contribution in [3.63, 3.8) is 0 Å². The number of nitrogens with zero attached hydrogens (tertiary/aromatic N) is 2. The minimum Gasteiger partial charge on any atom is -0.744 e. The third kappa shape index (κ3) is 10.1. The minimum absolute atomic E-state index is 0.347. The first-order valence-electron chi connectivity index (χ1n) is 11.9. The van der Waals surface area contributed by atoms with E-state index < -0.39 is 20.2 Å². The van der Waals surface area contributed by atoms with Gasteiger partial charge in [0, 0.05) is 24.3 Å². The van der Waals surface area contributed by atoms with E-state index in [0.717, 1.165) is 37.4 Å². The van der Waals surface area contributed by atoms with E-state index in [1.165, 1.54) is 35.4 Å². The van der Waals surface area contributed by atoms with E-state index in [1.54, 1.807) is 0 Å². The number of aromatic nitrogens is 2. The van der Waals surface area contributed by atoms with E-state index in [1.807, 2.05) is 0 Å². The fourth-order valence-electron chi connectivity index (χ4n) is 3.11. The van der Waals surface area contributed by atoms with Crippen molar-refractivity contribution in [1.82, 2.24) is 0 Å². The third-order valence-electron chi connectivity index (χ3n) is 5.47. The monoisotopic (exact) mass is 556 g/mol. The molecule has 202 valence electrons. The standard InChI is InChI=1S/C12H10O6S2.2C8H12N/c13-19(14,15)11-5-1-9(2-6-11)10-3-7-12(8-4-10)20(16,17)18;2*1-3-9-6-4-8(2)5-7-9/h1-8H,(H,13,14,15)(H,16,17,18);2*4-7H,3H2,1-2H3/q;2*+1/p-2. The van der Waals surface area contributed by atoms with Gasteiger partial charge in [-0.05, 0) is 74.2 Å². The van der Waals surface area contributed by atoms with E-state index >= 15 is 0 Å². The van der Waals surface area contributed by atoms with Crippen molar-refractivity contribution in [1.29, 1.82) is 0 Å². The van der Waals surface area contributed by atoms with E-state index in [0.29, 0.717) is 11.1 Å². The second kappa shape index (κ2) is 13.9. The average Bonchev–Trinajstić information content (AvgIpc) is 2.89. The summed E-state index contributed by atoms with van der Waals surface area (Å²) >= 11 is 0. The Bertz CT molecular complexity index is 1380. The number of hydrogen-bond acceptors (Lipinski definition) is 6. The third-order valence-corrected chi connectivity index (χ3v) is 7.16. The lowest BCUT2D eigenvalue weighted by Gasteiger charge is -2.09. The van der Waals surface area contributed by atoms with Crippen LogP contribution in [0.1, 0.15) is 25.0 Å². The summed E-state index contributed by atoms with van der Waals surface area (Å²) in [5.41, 5.74) is 3.82. The van der Waals surface area contributed by atoms with E-state index in [4.69, 9.17) is 0 Å². The largest absolute Gasteiger partial charge is 0.744 e. The van der Waals surface area contributed by atoms with Crippen LogP contribution < -0.4 is 9.13 Å². The molecule has 2 aromatic carbocycles. The molecular formula is C28H32N2O6S2. The second-order valence-corrected chi connectivity index (χ2v) is 11.1. The Balaban J connectivity index is 0.000000232. The molecule has 0 N–H and O–H groups in total. The van der Waals surface area contributed by atoms with Crippen LogP contribution in [0, 0.1) is 13.8 Å². The topological polar surface area (TPSA) is 122 Å². The lowest BCUT2D eigenvalue weighted by molar-refractivity contribution is -0.693. The highest BCUT2D eigenvalue weighted by Gasteiger charge is 2.04. The highest BCUT2D eigenvalue weighted by atomic mass is 32.2. The Labute approximate surface area is 225 Å². The number of pyridine rings is 2. The Morgan fingerprint density at radius 1 is 0.526 bits per heavy atom. The molecule has 4 rings (SSSR count). The molecular weight excluding hydrogens is 524 g/mol. The number of rotatable bonds is 5. The molecule has 0 saturated heterocycles. The maximum Gasteiger partial charge on any atom is 0.169 e. The van der Waals surface area contributed by atoms with Crippen molar-refractivity contribution in [2.75, 3.05) is 0 Å². The fraction of sp³-hybridized carbons (Fsp3) is 0.214. The summed E-state index contributed by atoms with van der Waals surface area (Å²) in [6, 6.07) is 18.8. The Morgan fingerprint density at radius 3 is 1.00 bits per heavy atom. The molecule has 0 aliphatic rings. The molecule has 10 heteroatoms. The molecule has 0 fully saturated rings. The highest BCUT2D eigenvalue weighted by Crippen LogP contribution is 2.22. The molecule has 8 nitrogen and oxygen atoms in total. The van der Waals surface area contributed by atoms with Gasteiger partial charge >= 0.3 is 0 Å². The zero-order valence-corrected chi connectivity index (χ0v) is 23.4. The van der Waals surface area contributed by atoms with Crippen LogP contribution in [-0.2, 0) is 33.3 Å². The number of hydrogen-bond donors (Lipinski definition) is 0. The maximum absolute atomic E-state index is 10.8. The van der Waals surface area contributed by atoms with Gasteiger partial charge in [0.05, 0.1) is 9.79 Å². The van der Waals surface area contributed by atoms with Gasteiger partial charge in [0.1, 0.15) is 33.3 Å². The van der Waals surface area contributed by atoms with E-state index in [9.17, 15) is 25.9 Å². The highest BCUT2D eigenvalue weighted by molar-refractivity contribution is 7.86. The molecule has 2 heterocycles. The summed E-state index contributed by atoms with van der Waals surface area (Å²) < 4.78 is 69.0. The first kappa shape index (κ1) is 30.8. The van der Waals surface area contributed by atoms with Gasteiger partial charge in [-0.2, -0.15) is 0 Å². The fourth-order valence-corrected chi connectivity index (χ4v) is 4.05. The summed E-state index contributed by atoms with van der Waals surface area (Å²) in [5.74, 6) is 0. The van der Waals surface area contributed by atoms with Crippen molar-refractivity contribution in [3.8, 4) is 11.1 Å². The molecule has 0 bridgehead atoms. The molecule has 0 aliphatic heterocycles. The van der Waals surface area contributed by atoms with Gasteiger partial charge < -0.3 is 9.11 Å². The van der Waals surface area contributed by atoms with Crippen LogP contribution in [0.5, 0.6) is 0 Å². The van der Waals surface area contributed by atoms with Crippen molar-refractivity contribution in [2.45, 2.75) is 50.6 Å². The molecule has 0 saturated carbocycles. The molecule has 0 amide bonds. The van der Waals surface area contributed by atoms with Gasteiger partial charge in [-0.15, -0.1) is 0 Å².